The number of allylic oxidation sites excluding steroid dienone is 2. The Balaban J connectivity index is 1.30. The van der Waals surface area contributed by atoms with Gasteiger partial charge in [0.15, 0.2) is 0 Å². The second kappa shape index (κ2) is 14.1. The van der Waals surface area contributed by atoms with E-state index in [0.29, 0.717) is 11.8 Å². The van der Waals surface area contributed by atoms with Gasteiger partial charge in [0, 0.05) is 46.3 Å². The first-order valence-electron chi connectivity index (χ1n) is 18.6. The van der Waals surface area contributed by atoms with Gasteiger partial charge in [-0.2, -0.15) is 5.10 Å². The Morgan fingerprint density at radius 2 is 1.65 bits per heavy atom. The van der Waals surface area contributed by atoms with E-state index in [0.717, 1.165) is 71.7 Å². The summed E-state index contributed by atoms with van der Waals surface area (Å²) in [5, 5.41) is 7.72. The van der Waals surface area contributed by atoms with Crippen LogP contribution in [0.5, 0.6) is 11.5 Å². The number of aromatic nitrogens is 4. The molecule has 0 saturated heterocycles. The largest absolute Gasteiger partial charge is 0.457 e. The minimum absolute atomic E-state index is 0.457. The molecule has 5 heteroatoms. The normalized spacial score (nSPS) is 16.4. The third kappa shape index (κ3) is 6.09. The van der Waals surface area contributed by atoms with Crippen LogP contribution in [0.2, 0.25) is 0 Å². The maximum atomic E-state index is 6.72. The van der Waals surface area contributed by atoms with Crippen molar-refractivity contribution in [3.05, 3.63) is 119 Å². The van der Waals surface area contributed by atoms with E-state index in [9.17, 15) is 0 Å². The van der Waals surface area contributed by atoms with Crippen molar-refractivity contribution < 1.29 is 4.74 Å². The van der Waals surface area contributed by atoms with E-state index in [1.54, 1.807) is 5.57 Å². The smallest absolute Gasteiger partial charge is 0.137 e. The highest BCUT2D eigenvalue weighted by molar-refractivity contribution is 6.09. The van der Waals surface area contributed by atoms with Gasteiger partial charge in [-0.1, -0.05) is 77.3 Å². The molecule has 0 aliphatic heterocycles. The molecule has 3 heterocycles. The molecular weight excluding hydrogens is 601 g/mol. The molecule has 0 fully saturated rings. The van der Waals surface area contributed by atoms with Crippen LogP contribution in [-0.4, -0.2) is 19.3 Å². The molecule has 0 bridgehead atoms. The predicted molar refractivity (Wildman–Crippen MR) is 204 cm³/mol. The average molecular weight is 651 g/mol. The Bertz CT molecular complexity index is 2150. The molecule has 3 aromatic heterocycles. The average Bonchev–Trinajstić information content (AvgIpc) is 3.66. The maximum absolute atomic E-state index is 6.72. The van der Waals surface area contributed by atoms with Crippen LogP contribution in [0, 0.1) is 12.8 Å². The molecule has 1 aliphatic carbocycles. The van der Waals surface area contributed by atoms with E-state index in [2.05, 4.69) is 130 Å². The van der Waals surface area contributed by atoms with Crippen LogP contribution in [-0.2, 0) is 19.3 Å². The van der Waals surface area contributed by atoms with Gasteiger partial charge in [-0.25, -0.2) is 9.67 Å². The lowest BCUT2D eigenvalue weighted by Crippen LogP contribution is -2.20. The number of fused-ring (bicyclic) bond motifs is 3. The second-order valence-corrected chi connectivity index (χ2v) is 13.7. The van der Waals surface area contributed by atoms with E-state index in [-0.39, 0.29) is 0 Å². The van der Waals surface area contributed by atoms with Gasteiger partial charge in [0.2, 0.25) is 0 Å². The number of benzene rings is 3. The monoisotopic (exact) mass is 650 g/mol. The molecule has 0 amide bonds. The molecule has 0 saturated carbocycles. The SMILES string of the molecule is CCCc1ccnc(-n2c3ccccc3c3ccc(Oc4cc(C)cc(-n5nc(CC)c([C@@H]6C(CC)=CCC[C@@H]6CC)c5CC)c4)cc32)c1. The fourth-order valence-electron chi connectivity index (χ4n) is 8.33. The minimum atomic E-state index is 0.457. The quantitative estimate of drug-likeness (QED) is 0.131. The van der Waals surface area contributed by atoms with Gasteiger partial charge in [0.25, 0.3) is 0 Å². The molecule has 2 atom stereocenters. The standard InChI is InChI=1S/C44H50N4O/c1-7-15-30-22-23-45-42(26-30)47-40-19-13-12-18-36(40)37-21-20-34(28-41(37)47)49-35-25-29(6)24-33(27-35)48-39(11-5)44(38(10-4)46-48)43-31(8-2)16-14-17-32(43)9-3/h12-13,16,18-28,32,43H,7-11,14-15,17H2,1-6H3/t32-,43+/m0/s1. The Labute approximate surface area is 291 Å². The highest BCUT2D eigenvalue weighted by atomic mass is 16.5. The van der Waals surface area contributed by atoms with Crippen molar-refractivity contribution in [3.63, 3.8) is 0 Å². The summed E-state index contributed by atoms with van der Waals surface area (Å²) in [7, 11) is 0. The summed E-state index contributed by atoms with van der Waals surface area (Å²) in [6, 6.07) is 25.9. The van der Waals surface area contributed by atoms with Crippen molar-refractivity contribution in [2.24, 2.45) is 5.92 Å². The molecule has 252 valence electrons. The van der Waals surface area contributed by atoms with Gasteiger partial charge >= 0.3 is 0 Å². The van der Waals surface area contributed by atoms with E-state index in [1.165, 1.54) is 52.5 Å². The zero-order valence-corrected chi connectivity index (χ0v) is 30.1. The molecule has 3 aromatic carbocycles. The summed E-state index contributed by atoms with van der Waals surface area (Å²) in [4.78, 5) is 4.83. The summed E-state index contributed by atoms with van der Waals surface area (Å²) in [5.41, 5.74) is 11.4. The summed E-state index contributed by atoms with van der Waals surface area (Å²) >= 11 is 0. The lowest BCUT2D eigenvalue weighted by Gasteiger charge is -2.33. The van der Waals surface area contributed by atoms with Crippen molar-refractivity contribution in [3.8, 4) is 23.0 Å². The Hall–Kier alpha value is -4.64. The van der Waals surface area contributed by atoms with Crippen molar-refractivity contribution >= 4 is 21.8 Å². The van der Waals surface area contributed by atoms with Gasteiger partial charge < -0.3 is 4.74 Å². The van der Waals surface area contributed by atoms with Crippen molar-refractivity contribution in [2.45, 2.75) is 98.8 Å². The van der Waals surface area contributed by atoms with E-state index >= 15 is 0 Å². The number of hydrogen-bond acceptors (Lipinski definition) is 3. The van der Waals surface area contributed by atoms with E-state index in [1.807, 2.05) is 6.20 Å². The van der Waals surface area contributed by atoms with E-state index < -0.39 is 0 Å². The van der Waals surface area contributed by atoms with Crippen LogP contribution < -0.4 is 4.74 Å². The molecule has 0 spiro atoms. The van der Waals surface area contributed by atoms with Gasteiger partial charge in [-0.15, -0.1) is 0 Å². The fraction of sp³-hybridized carbons (Fsp3) is 0.364. The number of pyridine rings is 1. The van der Waals surface area contributed by atoms with Gasteiger partial charge in [0.1, 0.15) is 17.3 Å². The van der Waals surface area contributed by atoms with Crippen molar-refractivity contribution in [1.82, 2.24) is 19.3 Å². The summed E-state index contributed by atoms with van der Waals surface area (Å²) in [6.45, 7) is 13.6. The van der Waals surface area contributed by atoms with Gasteiger partial charge in [0.05, 0.1) is 22.4 Å². The van der Waals surface area contributed by atoms with E-state index in [4.69, 9.17) is 14.8 Å². The molecular formula is C44H50N4O. The summed E-state index contributed by atoms with van der Waals surface area (Å²) < 4.78 is 11.2. The van der Waals surface area contributed by atoms with Crippen LogP contribution in [0.15, 0.2) is 90.6 Å². The number of para-hydroxylation sites is 1. The zero-order chi connectivity index (χ0) is 34.1. The van der Waals surface area contributed by atoms with Crippen LogP contribution >= 0.6 is 0 Å². The summed E-state index contributed by atoms with van der Waals surface area (Å²) in [5.74, 6) is 3.67. The molecule has 0 N–H and O–H groups in total. The first kappa shape index (κ1) is 32.9. The maximum Gasteiger partial charge on any atom is 0.137 e. The lowest BCUT2D eigenvalue weighted by molar-refractivity contribution is 0.392. The predicted octanol–water partition coefficient (Wildman–Crippen LogP) is 11.8. The topological polar surface area (TPSA) is 44.9 Å². The van der Waals surface area contributed by atoms with Crippen LogP contribution in [0.1, 0.15) is 101 Å². The third-order valence-electron chi connectivity index (χ3n) is 10.6. The molecule has 49 heavy (non-hydrogen) atoms. The number of hydrogen-bond donors (Lipinski definition) is 0. The molecule has 0 unspecified atom stereocenters. The second-order valence-electron chi connectivity index (χ2n) is 13.7. The third-order valence-corrected chi connectivity index (χ3v) is 10.6. The molecule has 6 aromatic rings. The zero-order valence-electron chi connectivity index (χ0n) is 30.1. The minimum Gasteiger partial charge on any atom is -0.457 e. The first-order valence-corrected chi connectivity index (χ1v) is 18.6. The Morgan fingerprint density at radius 3 is 2.43 bits per heavy atom. The number of nitrogens with zero attached hydrogens (tertiary/aromatic N) is 4. The molecule has 1 aliphatic rings. The Morgan fingerprint density at radius 1 is 0.816 bits per heavy atom. The van der Waals surface area contributed by atoms with Crippen molar-refractivity contribution in [1.29, 1.82) is 0 Å². The Kier molecular flexibility index (Phi) is 9.44. The first-order chi connectivity index (χ1) is 24.0. The van der Waals surface area contributed by atoms with Gasteiger partial charge in [-0.3, -0.25) is 4.57 Å². The van der Waals surface area contributed by atoms with Crippen LogP contribution in [0.3, 0.4) is 0 Å². The van der Waals surface area contributed by atoms with Crippen LogP contribution in [0.25, 0.3) is 33.3 Å². The number of aryl methyl sites for hydroxylation is 3. The van der Waals surface area contributed by atoms with Crippen molar-refractivity contribution in [2.75, 3.05) is 0 Å². The lowest BCUT2D eigenvalue weighted by atomic mass is 9.71. The fourth-order valence-corrected chi connectivity index (χ4v) is 8.33. The van der Waals surface area contributed by atoms with Crippen LogP contribution in [0.4, 0.5) is 0 Å². The summed E-state index contributed by atoms with van der Waals surface area (Å²) in [6.07, 6.45) is 13.2. The number of rotatable bonds is 11. The number of ether oxygens (including phenoxy) is 1. The molecule has 7 rings (SSSR count). The molecule has 5 nitrogen and oxygen atoms in total. The highest BCUT2D eigenvalue weighted by Crippen LogP contribution is 2.45. The molecule has 0 radical (unpaired) electrons. The highest BCUT2D eigenvalue weighted by Gasteiger charge is 2.33. The van der Waals surface area contributed by atoms with Gasteiger partial charge in [-0.05, 0) is 105 Å².